The van der Waals surface area contributed by atoms with E-state index in [4.69, 9.17) is 15.1 Å². The molecule has 1 aliphatic carbocycles. The van der Waals surface area contributed by atoms with Crippen molar-refractivity contribution in [1.29, 1.82) is 5.41 Å². The molecule has 8 nitrogen and oxygen atoms in total. The highest BCUT2D eigenvalue weighted by molar-refractivity contribution is 5.97. The second-order valence-electron chi connectivity index (χ2n) is 8.46. The third-order valence-corrected chi connectivity index (χ3v) is 6.19. The topological polar surface area (TPSA) is 101 Å². The van der Waals surface area contributed by atoms with Gasteiger partial charge in [0.2, 0.25) is 0 Å². The second kappa shape index (κ2) is 9.65. The molecule has 1 amide bonds. The first-order valence-corrected chi connectivity index (χ1v) is 11.5. The summed E-state index contributed by atoms with van der Waals surface area (Å²) < 4.78 is 8.65. The van der Waals surface area contributed by atoms with Gasteiger partial charge in [0.05, 0.1) is 10.9 Å². The van der Waals surface area contributed by atoms with Crippen LogP contribution < -0.4 is 16.4 Å². The molecular weight excluding hydrogens is 406 g/mol. The molecule has 1 fully saturated rings. The minimum atomic E-state index is -0.295. The first-order valence-electron chi connectivity index (χ1n) is 11.5. The van der Waals surface area contributed by atoms with E-state index < -0.39 is 0 Å². The average Bonchev–Trinajstić information content (AvgIpc) is 2.79. The van der Waals surface area contributed by atoms with Crippen molar-refractivity contribution < 1.29 is 9.53 Å². The van der Waals surface area contributed by atoms with E-state index in [1.165, 1.54) is 10.8 Å². The zero-order valence-electron chi connectivity index (χ0n) is 18.8. The number of rotatable bonds is 7. The standard InChI is InChI=1S/C24H31N5O3/c1-3-32-14-8-13-28-20(25)18(23(30)26-17-10-5-4-6-11-17)15-19-22(28)27-21-16(2)9-7-12-29(21)24(19)31/h7,9,12,15,17,25H,3-6,8,10-11,13-14H2,1-2H3,(H,26,30). The molecule has 2 N–H and O–H groups in total. The highest BCUT2D eigenvalue weighted by Gasteiger charge is 2.21. The summed E-state index contributed by atoms with van der Waals surface area (Å²) in [5, 5.41) is 12.2. The maximum atomic E-state index is 13.3. The normalized spacial score (nSPS) is 14.8. The fraction of sp³-hybridized carbons (Fsp3) is 0.500. The number of nitrogens with one attached hydrogen (secondary N) is 2. The molecule has 0 bridgehead atoms. The molecule has 0 radical (unpaired) electrons. The van der Waals surface area contributed by atoms with Crippen LogP contribution in [0.15, 0.2) is 29.2 Å². The Balaban J connectivity index is 1.85. The van der Waals surface area contributed by atoms with Gasteiger partial charge in [-0.1, -0.05) is 25.3 Å². The SMILES string of the molecule is CCOCCCn1c(=N)c(C(=O)NC2CCCCC2)cc2c(=O)n3cccc(C)c3nc21. The number of pyridine rings is 2. The molecule has 3 aromatic rings. The van der Waals surface area contributed by atoms with Gasteiger partial charge < -0.3 is 14.6 Å². The number of hydrogen-bond acceptors (Lipinski definition) is 5. The molecular formula is C24H31N5O3. The Kier molecular flexibility index (Phi) is 6.69. The molecule has 32 heavy (non-hydrogen) atoms. The van der Waals surface area contributed by atoms with E-state index in [2.05, 4.69) is 5.32 Å². The highest BCUT2D eigenvalue weighted by Crippen LogP contribution is 2.18. The summed E-state index contributed by atoms with van der Waals surface area (Å²) in [7, 11) is 0. The van der Waals surface area contributed by atoms with Crippen molar-refractivity contribution in [3.8, 4) is 0 Å². The zero-order chi connectivity index (χ0) is 22.7. The van der Waals surface area contributed by atoms with Gasteiger partial charge in [0, 0.05) is 32.0 Å². The average molecular weight is 438 g/mol. The molecule has 0 atom stereocenters. The molecule has 0 unspecified atom stereocenters. The Bertz CT molecular complexity index is 1250. The van der Waals surface area contributed by atoms with Crippen LogP contribution in [-0.4, -0.2) is 39.1 Å². The summed E-state index contributed by atoms with van der Waals surface area (Å²) in [6.45, 7) is 5.43. The minimum absolute atomic E-state index is 0.0761. The summed E-state index contributed by atoms with van der Waals surface area (Å²) in [5.41, 5.74) is 1.91. The molecule has 0 saturated heterocycles. The Labute approximate surface area is 186 Å². The van der Waals surface area contributed by atoms with E-state index in [1.54, 1.807) is 16.8 Å². The van der Waals surface area contributed by atoms with Crippen molar-refractivity contribution in [2.75, 3.05) is 13.2 Å². The summed E-state index contributed by atoms with van der Waals surface area (Å²) >= 11 is 0. The molecule has 1 aliphatic rings. The Morgan fingerprint density at radius 3 is 2.81 bits per heavy atom. The molecule has 3 heterocycles. The second-order valence-corrected chi connectivity index (χ2v) is 8.46. The lowest BCUT2D eigenvalue weighted by molar-refractivity contribution is 0.0925. The van der Waals surface area contributed by atoms with Crippen LogP contribution in [0.3, 0.4) is 0 Å². The van der Waals surface area contributed by atoms with E-state index in [-0.39, 0.29) is 28.6 Å². The summed E-state index contributed by atoms with van der Waals surface area (Å²) in [6.07, 6.45) is 7.65. The number of ether oxygens (including phenoxy) is 1. The Morgan fingerprint density at radius 2 is 2.06 bits per heavy atom. The maximum Gasteiger partial charge on any atom is 0.267 e. The number of aryl methyl sites for hydroxylation is 2. The fourth-order valence-corrected chi connectivity index (χ4v) is 4.47. The van der Waals surface area contributed by atoms with Gasteiger partial charge in [-0.05, 0) is 50.8 Å². The number of fused-ring (bicyclic) bond motifs is 2. The smallest absolute Gasteiger partial charge is 0.267 e. The quantitative estimate of drug-likeness (QED) is 0.438. The van der Waals surface area contributed by atoms with E-state index in [0.717, 1.165) is 31.2 Å². The lowest BCUT2D eigenvalue weighted by Gasteiger charge is -2.23. The summed E-state index contributed by atoms with van der Waals surface area (Å²) in [6, 6.07) is 5.37. The zero-order valence-corrected chi connectivity index (χ0v) is 18.8. The highest BCUT2D eigenvalue weighted by atomic mass is 16.5. The van der Waals surface area contributed by atoms with Crippen LogP contribution in [0.25, 0.3) is 16.7 Å². The lowest BCUT2D eigenvalue weighted by Crippen LogP contribution is -2.40. The van der Waals surface area contributed by atoms with Crippen LogP contribution in [0.4, 0.5) is 0 Å². The molecule has 0 aromatic carbocycles. The van der Waals surface area contributed by atoms with Gasteiger partial charge in [0.15, 0.2) is 0 Å². The molecule has 0 spiro atoms. The summed E-state index contributed by atoms with van der Waals surface area (Å²) in [5.74, 6) is -0.295. The largest absolute Gasteiger partial charge is 0.382 e. The number of carbonyl (C=O) groups is 1. The molecule has 3 aromatic heterocycles. The number of nitrogens with zero attached hydrogens (tertiary/aromatic N) is 3. The van der Waals surface area contributed by atoms with Crippen LogP contribution in [0, 0.1) is 12.3 Å². The van der Waals surface area contributed by atoms with Gasteiger partial charge in [0.1, 0.15) is 16.8 Å². The number of aromatic nitrogens is 3. The van der Waals surface area contributed by atoms with Crippen LogP contribution in [-0.2, 0) is 11.3 Å². The Hall–Kier alpha value is -3.00. The van der Waals surface area contributed by atoms with E-state index >= 15 is 0 Å². The number of hydrogen-bond donors (Lipinski definition) is 2. The Morgan fingerprint density at radius 1 is 1.28 bits per heavy atom. The summed E-state index contributed by atoms with van der Waals surface area (Å²) in [4.78, 5) is 31.2. The van der Waals surface area contributed by atoms with Gasteiger partial charge in [0.25, 0.3) is 11.5 Å². The van der Waals surface area contributed by atoms with Crippen LogP contribution in [0.5, 0.6) is 0 Å². The van der Waals surface area contributed by atoms with Crippen molar-refractivity contribution >= 4 is 22.6 Å². The van der Waals surface area contributed by atoms with Crippen molar-refractivity contribution in [3.63, 3.8) is 0 Å². The van der Waals surface area contributed by atoms with Crippen LogP contribution >= 0.6 is 0 Å². The third kappa shape index (κ3) is 4.32. The molecule has 4 rings (SSSR count). The first-order chi connectivity index (χ1) is 15.5. The van der Waals surface area contributed by atoms with E-state index in [9.17, 15) is 9.59 Å². The van der Waals surface area contributed by atoms with E-state index in [1.807, 2.05) is 26.0 Å². The fourth-order valence-electron chi connectivity index (χ4n) is 4.47. The number of amides is 1. The van der Waals surface area contributed by atoms with Crippen molar-refractivity contribution in [1.82, 2.24) is 19.3 Å². The maximum absolute atomic E-state index is 13.3. The monoisotopic (exact) mass is 437 g/mol. The van der Waals surface area contributed by atoms with E-state index in [0.29, 0.717) is 42.9 Å². The predicted molar refractivity (Wildman–Crippen MR) is 123 cm³/mol. The van der Waals surface area contributed by atoms with Crippen molar-refractivity contribution in [2.24, 2.45) is 0 Å². The van der Waals surface area contributed by atoms with Crippen LogP contribution in [0.1, 0.15) is 61.4 Å². The van der Waals surface area contributed by atoms with Crippen molar-refractivity contribution in [3.05, 3.63) is 51.4 Å². The van der Waals surface area contributed by atoms with Gasteiger partial charge in [-0.3, -0.25) is 19.4 Å². The van der Waals surface area contributed by atoms with Gasteiger partial charge in [-0.15, -0.1) is 0 Å². The molecule has 170 valence electrons. The first kappa shape index (κ1) is 22.2. The molecule has 0 aliphatic heterocycles. The third-order valence-electron chi connectivity index (χ3n) is 6.19. The molecule has 1 saturated carbocycles. The van der Waals surface area contributed by atoms with Gasteiger partial charge in [-0.2, -0.15) is 0 Å². The van der Waals surface area contributed by atoms with Gasteiger partial charge in [-0.25, -0.2) is 4.98 Å². The van der Waals surface area contributed by atoms with Crippen molar-refractivity contribution in [2.45, 2.75) is 65.0 Å². The minimum Gasteiger partial charge on any atom is -0.382 e. The lowest BCUT2D eigenvalue weighted by atomic mass is 9.95. The predicted octanol–water partition coefficient (Wildman–Crippen LogP) is 2.93. The van der Waals surface area contributed by atoms with Gasteiger partial charge >= 0.3 is 0 Å². The van der Waals surface area contributed by atoms with Crippen LogP contribution in [0.2, 0.25) is 0 Å². The molecule has 8 heteroatoms. The number of carbonyl (C=O) groups excluding carboxylic acids is 1.